The monoisotopic (exact) mass is 1010 g/mol. The number of urea groups is 2. The molecule has 3 aliphatic heterocycles. The molecule has 28 heteroatoms. The number of ether oxygens (including phenoxy) is 14. The number of hydrogen-bond donors (Lipinski definition) is 2. The van der Waals surface area contributed by atoms with Crippen LogP contribution in [-0.2, 0) is 105 Å². The summed E-state index contributed by atoms with van der Waals surface area (Å²) >= 11 is 0. The van der Waals surface area contributed by atoms with Crippen LogP contribution in [0, 0.1) is 0 Å². The molecule has 0 saturated carbocycles. The molecular formula is C42H64N4O24. The summed E-state index contributed by atoms with van der Waals surface area (Å²) in [4.78, 5) is 127. The fourth-order valence-electron chi connectivity index (χ4n) is 7.09. The highest BCUT2D eigenvalue weighted by molar-refractivity contribution is 5.76. The predicted octanol–water partition coefficient (Wildman–Crippen LogP) is -1.74. The summed E-state index contributed by atoms with van der Waals surface area (Å²) in [7, 11) is 0. The summed E-state index contributed by atoms with van der Waals surface area (Å²) in [5.74, 6) is -6.48. The first kappa shape index (κ1) is 58.4. The molecule has 3 aliphatic rings. The largest absolute Gasteiger partial charge is 0.463 e. The average Bonchev–Trinajstić information content (AvgIpc) is 3.25. The SMILES string of the molecule is CC(=O)OC[C@H]1O[C@@H](NC(=O)N2CCOCCOCCN(C(=O)N[C@@H]3O[C@H](COC(C)=O)[C@@H](OC(C)=O)[C@H](OC(C)=O)[C@H]3OC(C)=O)CCOCCOCC2)[C@H](OC(C)=O)[C@@H](OC(C)=O)[C@@H]1OC(C)=O. The third-order valence-corrected chi connectivity index (χ3v) is 9.85. The summed E-state index contributed by atoms with van der Waals surface area (Å²) in [6, 6.07) is -1.53. The minimum atomic E-state index is -1.54. The number of hydrogen-bond acceptors (Lipinski definition) is 24. The highest BCUT2D eigenvalue weighted by atomic mass is 16.7. The molecule has 4 amide bonds. The van der Waals surface area contributed by atoms with Crippen molar-refractivity contribution >= 4 is 59.8 Å². The van der Waals surface area contributed by atoms with E-state index < -0.39 is 134 Å². The second-order valence-electron chi connectivity index (χ2n) is 15.6. The number of esters is 8. The van der Waals surface area contributed by atoms with Gasteiger partial charge in [-0.1, -0.05) is 0 Å². The fraction of sp³-hybridized carbons (Fsp3) is 0.762. The van der Waals surface area contributed by atoms with E-state index in [2.05, 4.69) is 10.6 Å². The Bertz CT molecular complexity index is 1660. The van der Waals surface area contributed by atoms with Gasteiger partial charge in [0.1, 0.15) is 25.4 Å². The molecule has 28 nitrogen and oxygen atoms in total. The molecule has 0 spiro atoms. The van der Waals surface area contributed by atoms with Crippen LogP contribution in [0.2, 0.25) is 0 Å². The van der Waals surface area contributed by atoms with Crippen LogP contribution in [-0.4, -0.2) is 223 Å². The second-order valence-corrected chi connectivity index (χ2v) is 15.6. The van der Waals surface area contributed by atoms with Crippen LogP contribution in [0.25, 0.3) is 0 Å². The molecule has 3 fully saturated rings. The van der Waals surface area contributed by atoms with Gasteiger partial charge in [-0.2, -0.15) is 0 Å². The zero-order valence-corrected chi connectivity index (χ0v) is 40.4. The Hall–Kier alpha value is -5.94. The maximum absolute atomic E-state index is 13.9. The fourth-order valence-corrected chi connectivity index (χ4v) is 7.09. The van der Waals surface area contributed by atoms with E-state index >= 15 is 0 Å². The average molecular weight is 1010 g/mol. The van der Waals surface area contributed by atoms with E-state index in [1.165, 1.54) is 9.80 Å². The first-order valence-electron chi connectivity index (χ1n) is 22.2. The third-order valence-electron chi connectivity index (χ3n) is 9.85. The van der Waals surface area contributed by atoms with Crippen molar-refractivity contribution in [3.63, 3.8) is 0 Å². The highest BCUT2D eigenvalue weighted by Crippen LogP contribution is 2.30. The summed E-state index contributed by atoms with van der Waals surface area (Å²) in [6.45, 7) is 7.62. The summed E-state index contributed by atoms with van der Waals surface area (Å²) in [5, 5.41) is 5.24. The van der Waals surface area contributed by atoms with Crippen LogP contribution in [0.1, 0.15) is 55.4 Å². The Morgan fingerprint density at radius 2 is 0.629 bits per heavy atom. The zero-order valence-electron chi connectivity index (χ0n) is 40.4. The Morgan fingerprint density at radius 3 is 0.886 bits per heavy atom. The Morgan fingerprint density at radius 1 is 0.371 bits per heavy atom. The number of rotatable bonds is 12. The molecule has 0 aromatic carbocycles. The maximum Gasteiger partial charge on any atom is 0.319 e. The molecule has 3 heterocycles. The van der Waals surface area contributed by atoms with Gasteiger partial charge in [-0.15, -0.1) is 0 Å². The lowest BCUT2D eigenvalue weighted by Gasteiger charge is -2.44. The predicted molar refractivity (Wildman–Crippen MR) is 227 cm³/mol. The lowest BCUT2D eigenvalue weighted by molar-refractivity contribution is -0.255. The van der Waals surface area contributed by atoms with Gasteiger partial charge in [-0.05, 0) is 0 Å². The summed E-state index contributed by atoms with van der Waals surface area (Å²) in [6.07, 6.45) is -14.6. The van der Waals surface area contributed by atoms with Gasteiger partial charge < -0.3 is 86.7 Å². The van der Waals surface area contributed by atoms with Gasteiger partial charge >= 0.3 is 59.8 Å². The van der Waals surface area contributed by atoms with Crippen molar-refractivity contribution in [1.29, 1.82) is 0 Å². The molecule has 3 saturated heterocycles. The van der Waals surface area contributed by atoms with E-state index in [1.54, 1.807) is 0 Å². The summed E-state index contributed by atoms with van der Waals surface area (Å²) in [5.41, 5.74) is 0. The van der Waals surface area contributed by atoms with Crippen molar-refractivity contribution in [2.75, 3.05) is 92.2 Å². The van der Waals surface area contributed by atoms with Crippen LogP contribution in [0.15, 0.2) is 0 Å². The normalized spacial score (nSPS) is 27.3. The minimum Gasteiger partial charge on any atom is -0.463 e. The van der Waals surface area contributed by atoms with Crippen molar-refractivity contribution < 1.29 is 114 Å². The van der Waals surface area contributed by atoms with E-state index in [0.717, 1.165) is 55.4 Å². The molecule has 0 aliphatic carbocycles. The summed E-state index contributed by atoms with van der Waals surface area (Å²) < 4.78 is 77.7. The number of nitrogens with zero attached hydrogens (tertiary/aromatic N) is 2. The van der Waals surface area contributed by atoms with Crippen molar-refractivity contribution in [2.45, 2.75) is 117 Å². The van der Waals surface area contributed by atoms with Gasteiger partial charge in [0.15, 0.2) is 49.1 Å². The van der Waals surface area contributed by atoms with Crippen LogP contribution >= 0.6 is 0 Å². The number of nitrogens with one attached hydrogen (secondary N) is 2. The third kappa shape index (κ3) is 20.6. The van der Waals surface area contributed by atoms with Gasteiger partial charge in [0.25, 0.3) is 0 Å². The van der Waals surface area contributed by atoms with E-state index in [0.29, 0.717) is 0 Å². The quantitative estimate of drug-likeness (QED) is 0.162. The number of carbonyl (C=O) groups is 10. The minimum absolute atomic E-state index is 0.0236. The Balaban J connectivity index is 1.72. The molecule has 0 aromatic rings. The van der Waals surface area contributed by atoms with Gasteiger partial charge in [0, 0.05) is 81.6 Å². The zero-order chi connectivity index (χ0) is 51.9. The van der Waals surface area contributed by atoms with Crippen molar-refractivity contribution in [2.24, 2.45) is 0 Å². The number of carbonyl (C=O) groups excluding carboxylic acids is 10. The standard InChI is InChI=1S/C42H64N4O24/c1-23(47)61-21-31-33(63-25(3)49)35(65-27(5)51)37(67-29(7)53)39(69-31)43-41(55)45-9-13-57-17-19-59-15-11-46(12-16-60-20-18-58-14-10-45)42(56)44-40-38(68-30(8)54)36(66-28(6)52)34(64-26(4)50)32(70-40)22-62-24(2)48/h31-40H,9-22H2,1-8H3,(H,43,55)(H,44,56)/t31-,32-,33-,34-,35+,36+,37-,38-,39-,40-/m1/s1. The van der Waals surface area contributed by atoms with E-state index in [4.69, 9.17) is 66.3 Å². The van der Waals surface area contributed by atoms with E-state index in [9.17, 15) is 47.9 Å². The molecule has 396 valence electrons. The highest BCUT2D eigenvalue weighted by Gasteiger charge is 2.54. The lowest BCUT2D eigenvalue weighted by atomic mass is 9.97. The molecule has 10 atom stereocenters. The molecule has 2 N–H and O–H groups in total. The van der Waals surface area contributed by atoms with Crippen molar-refractivity contribution in [3.05, 3.63) is 0 Å². The number of amides is 4. The van der Waals surface area contributed by atoms with Crippen LogP contribution in [0.3, 0.4) is 0 Å². The van der Waals surface area contributed by atoms with Crippen molar-refractivity contribution in [3.8, 4) is 0 Å². The van der Waals surface area contributed by atoms with Crippen LogP contribution in [0.4, 0.5) is 9.59 Å². The smallest absolute Gasteiger partial charge is 0.319 e. The Labute approximate surface area is 403 Å². The van der Waals surface area contributed by atoms with E-state index in [-0.39, 0.29) is 79.0 Å². The molecule has 0 aromatic heterocycles. The molecule has 0 bridgehead atoms. The molecule has 3 rings (SSSR count). The van der Waals surface area contributed by atoms with Gasteiger partial charge in [0.05, 0.1) is 52.9 Å². The molecule has 0 unspecified atom stereocenters. The topological polar surface area (TPSA) is 330 Å². The van der Waals surface area contributed by atoms with Gasteiger partial charge in [0.2, 0.25) is 0 Å². The first-order chi connectivity index (χ1) is 33.2. The first-order valence-corrected chi connectivity index (χ1v) is 22.2. The van der Waals surface area contributed by atoms with Gasteiger partial charge in [-0.3, -0.25) is 38.4 Å². The molecule has 0 radical (unpaired) electrons. The maximum atomic E-state index is 13.9. The van der Waals surface area contributed by atoms with E-state index in [1.807, 2.05) is 0 Å². The lowest BCUT2D eigenvalue weighted by Crippen LogP contribution is -2.67. The van der Waals surface area contributed by atoms with Crippen molar-refractivity contribution in [1.82, 2.24) is 20.4 Å². The molecular weight excluding hydrogens is 944 g/mol. The second kappa shape index (κ2) is 29.9. The molecule has 70 heavy (non-hydrogen) atoms. The Kier molecular flexibility index (Phi) is 25.0. The van der Waals surface area contributed by atoms with Gasteiger partial charge in [-0.25, -0.2) is 9.59 Å². The van der Waals surface area contributed by atoms with Crippen LogP contribution in [0.5, 0.6) is 0 Å². The van der Waals surface area contributed by atoms with Crippen LogP contribution < -0.4 is 10.6 Å².